The lowest BCUT2D eigenvalue weighted by atomic mass is 9.99. The van der Waals surface area contributed by atoms with Crippen LogP contribution >= 0.6 is 11.6 Å². The Morgan fingerprint density at radius 3 is 2.53 bits per heavy atom. The van der Waals surface area contributed by atoms with E-state index >= 15 is 0 Å². The maximum absolute atomic E-state index is 6.19. The average Bonchev–Trinajstić information content (AvgIpc) is 2.14. The summed E-state index contributed by atoms with van der Waals surface area (Å²) in [7, 11) is 0. The molecule has 2 N–H and O–H groups in total. The number of rotatable bonds is 3. The first-order valence-electron chi connectivity index (χ1n) is 5.17. The van der Waals surface area contributed by atoms with E-state index in [0.29, 0.717) is 6.61 Å². The van der Waals surface area contributed by atoms with Crippen LogP contribution in [0.25, 0.3) is 0 Å². The molecule has 0 fully saturated rings. The summed E-state index contributed by atoms with van der Waals surface area (Å²) in [6.07, 6.45) is 0. The van der Waals surface area contributed by atoms with Crippen LogP contribution in [0.3, 0.4) is 0 Å². The van der Waals surface area contributed by atoms with Crippen molar-refractivity contribution in [2.45, 2.75) is 33.7 Å². The number of aryl methyl sites for hydroxylation is 1. The lowest BCUT2D eigenvalue weighted by Gasteiger charge is -2.18. The lowest BCUT2D eigenvalue weighted by Crippen LogP contribution is -2.10. The van der Waals surface area contributed by atoms with E-state index in [1.807, 2.05) is 33.8 Å². The summed E-state index contributed by atoms with van der Waals surface area (Å²) in [5.74, 6) is 0.854. The van der Waals surface area contributed by atoms with Crippen LogP contribution in [-0.4, -0.2) is 6.61 Å². The molecule has 0 amide bonds. The third-order valence-corrected chi connectivity index (χ3v) is 3.03. The molecule has 1 atom stereocenters. The van der Waals surface area contributed by atoms with Crippen molar-refractivity contribution in [2.75, 3.05) is 6.61 Å². The molecule has 0 saturated heterocycles. The summed E-state index contributed by atoms with van der Waals surface area (Å²) >= 11 is 6.19. The zero-order chi connectivity index (χ0) is 11.6. The van der Waals surface area contributed by atoms with E-state index in [9.17, 15) is 0 Å². The van der Waals surface area contributed by atoms with Gasteiger partial charge in [-0.1, -0.05) is 11.6 Å². The first-order valence-corrected chi connectivity index (χ1v) is 5.54. The van der Waals surface area contributed by atoms with Crippen LogP contribution in [0.15, 0.2) is 6.07 Å². The van der Waals surface area contributed by atoms with Gasteiger partial charge in [0.15, 0.2) is 0 Å². The molecule has 1 unspecified atom stereocenters. The number of nitrogens with two attached hydrogens (primary N) is 1. The van der Waals surface area contributed by atoms with Gasteiger partial charge in [-0.3, -0.25) is 0 Å². The van der Waals surface area contributed by atoms with E-state index in [4.69, 9.17) is 22.1 Å². The lowest BCUT2D eigenvalue weighted by molar-refractivity contribution is 0.334. The van der Waals surface area contributed by atoms with Gasteiger partial charge < -0.3 is 10.5 Å². The summed E-state index contributed by atoms with van der Waals surface area (Å²) in [5, 5.41) is 0.783. The molecule has 0 radical (unpaired) electrons. The minimum atomic E-state index is -0.0651. The van der Waals surface area contributed by atoms with Gasteiger partial charge in [0.1, 0.15) is 5.75 Å². The Bertz CT molecular complexity index is 361. The molecule has 84 valence electrons. The Hall–Kier alpha value is -0.730. The van der Waals surface area contributed by atoms with Gasteiger partial charge in [0.05, 0.1) is 6.61 Å². The van der Waals surface area contributed by atoms with Crippen molar-refractivity contribution < 1.29 is 4.74 Å². The van der Waals surface area contributed by atoms with Crippen molar-refractivity contribution in [2.24, 2.45) is 5.73 Å². The molecule has 1 aromatic rings. The van der Waals surface area contributed by atoms with E-state index in [1.165, 1.54) is 0 Å². The van der Waals surface area contributed by atoms with Gasteiger partial charge in [0.2, 0.25) is 0 Å². The van der Waals surface area contributed by atoms with Gasteiger partial charge in [0, 0.05) is 16.6 Å². The van der Waals surface area contributed by atoms with Crippen molar-refractivity contribution in [3.8, 4) is 5.75 Å². The van der Waals surface area contributed by atoms with Crippen molar-refractivity contribution in [1.29, 1.82) is 0 Å². The number of ether oxygens (including phenoxy) is 1. The molecule has 0 aliphatic heterocycles. The van der Waals surface area contributed by atoms with Crippen LogP contribution in [0.4, 0.5) is 0 Å². The molecule has 0 saturated carbocycles. The fourth-order valence-electron chi connectivity index (χ4n) is 1.78. The largest absolute Gasteiger partial charge is 0.494 e. The van der Waals surface area contributed by atoms with Crippen LogP contribution < -0.4 is 10.5 Å². The highest BCUT2D eigenvalue weighted by molar-refractivity contribution is 6.32. The Morgan fingerprint density at radius 1 is 1.47 bits per heavy atom. The van der Waals surface area contributed by atoms with Gasteiger partial charge in [-0.15, -0.1) is 0 Å². The fourth-order valence-corrected chi connectivity index (χ4v) is 1.93. The van der Waals surface area contributed by atoms with Gasteiger partial charge in [-0.25, -0.2) is 0 Å². The molecule has 1 aromatic carbocycles. The van der Waals surface area contributed by atoms with Crippen molar-refractivity contribution in [3.63, 3.8) is 0 Å². The topological polar surface area (TPSA) is 35.2 Å². The maximum Gasteiger partial charge on any atom is 0.124 e. The SMILES string of the molecule is CCOc1cc(C)c(Cl)c(C)c1C(C)N. The van der Waals surface area contributed by atoms with Crippen molar-refractivity contribution >= 4 is 11.6 Å². The molecule has 15 heavy (non-hydrogen) atoms. The predicted molar refractivity (Wildman–Crippen MR) is 64.7 cm³/mol. The second kappa shape index (κ2) is 4.86. The van der Waals surface area contributed by atoms with Crippen molar-refractivity contribution in [3.05, 3.63) is 27.8 Å². The van der Waals surface area contributed by atoms with Gasteiger partial charge in [-0.2, -0.15) is 0 Å². The van der Waals surface area contributed by atoms with Crippen LogP contribution in [0, 0.1) is 13.8 Å². The molecular weight excluding hydrogens is 210 g/mol. The van der Waals surface area contributed by atoms with Crippen LogP contribution in [-0.2, 0) is 0 Å². The number of hydrogen-bond donors (Lipinski definition) is 1. The highest BCUT2D eigenvalue weighted by atomic mass is 35.5. The number of hydrogen-bond acceptors (Lipinski definition) is 2. The fraction of sp³-hybridized carbons (Fsp3) is 0.500. The zero-order valence-electron chi connectivity index (χ0n) is 9.73. The minimum absolute atomic E-state index is 0.0651. The Kier molecular flexibility index (Phi) is 4.00. The smallest absolute Gasteiger partial charge is 0.124 e. The highest BCUT2D eigenvalue weighted by Gasteiger charge is 2.15. The molecule has 0 aliphatic rings. The summed E-state index contributed by atoms with van der Waals surface area (Å²) in [6, 6.07) is 1.89. The summed E-state index contributed by atoms with van der Waals surface area (Å²) < 4.78 is 5.58. The van der Waals surface area contributed by atoms with E-state index in [1.54, 1.807) is 0 Å². The molecular formula is C12H18ClNO. The first kappa shape index (κ1) is 12.3. The second-order valence-corrected chi connectivity index (χ2v) is 4.14. The molecule has 3 heteroatoms. The molecule has 0 spiro atoms. The Morgan fingerprint density at radius 2 is 2.07 bits per heavy atom. The molecule has 0 aliphatic carbocycles. The second-order valence-electron chi connectivity index (χ2n) is 3.77. The standard InChI is InChI=1S/C12H18ClNO/c1-5-15-10-6-7(2)12(13)8(3)11(10)9(4)14/h6,9H,5,14H2,1-4H3. The predicted octanol–water partition coefficient (Wildman–Crippen LogP) is 3.38. The van der Waals surface area contributed by atoms with Crippen molar-refractivity contribution in [1.82, 2.24) is 0 Å². The first-order chi connectivity index (χ1) is 6.99. The third kappa shape index (κ3) is 2.44. The average molecular weight is 228 g/mol. The van der Waals surface area contributed by atoms with E-state index in [-0.39, 0.29) is 6.04 Å². The molecule has 1 rings (SSSR count). The van der Waals surface area contributed by atoms with Gasteiger partial charge in [-0.05, 0) is 44.9 Å². The maximum atomic E-state index is 6.19. The summed E-state index contributed by atoms with van der Waals surface area (Å²) in [5.41, 5.74) is 8.99. The Labute approximate surface area is 96.4 Å². The van der Waals surface area contributed by atoms with E-state index in [2.05, 4.69) is 0 Å². The van der Waals surface area contributed by atoms with Gasteiger partial charge in [0.25, 0.3) is 0 Å². The summed E-state index contributed by atoms with van der Waals surface area (Å²) in [6.45, 7) is 8.50. The Balaban J connectivity index is 3.36. The normalized spacial score (nSPS) is 12.7. The third-order valence-electron chi connectivity index (χ3n) is 2.45. The molecule has 2 nitrogen and oxygen atoms in total. The quantitative estimate of drug-likeness (QED) is 0.859. The zero-order valence-corrected chi connectivity index (χ0v) is 10.5. The molecule has 0 bridgehead atoms. The minimum Gasteiger partial charge on any atom is -0.494 e. The number of benzene rings is 1. The summed E-state index contributed by atoms with van der Waals surface area (Å²) in [4.78, 5) is 0. The molecule has 0 heterocycles. The van der Waals surface area contributed by atoms with Crippen LogP contribution in [0.1, 0.15) is 36.6 Å². The monoisotopic (exact) mass is 227 g/mol. The molecule has 0 aromatic heterocycles. The van der Waals surface area contributed by atoms with Gasteiger partial charge >= 0.3 is 0 Å². The van der Waals surface area contributed by atoms with E-state index in [0.717, 1.165) is 27.5 Å². The van der Waals surface area contributed by atoms with Crippen LogP contribution in [0.2, 0.25) is 5.02 Å². The van der Waals surface area contributed by atoms with Crippen LogP contribution in [0.5, 0.6) is 5.75 Å². The van der Waals surface area contributed by atoms with E-state index < -0.39 is 0 Å². The highest BCUT2D eigenvalue weighted by Crippen LogP contribution is 2.34. The number of halogens is 1.